The third kappa shape index (κ3) is 3.88. The minimum absolute atomic E-state index is 0.260. The Hall–Kier alpha value is -2.23. The molecule has 2 aromatic rings. The quantitative estimate of drug-likeness (QED) is 0.754. The summed E-state index contributed by atoms with van der Waals surface area (Å²) in [6, 6.07) is 11.8. The molecule has 0 atom stereocenters. The van der Waals surface area contributed by atoms with Gasteiger partial charge in [0.1, 0.15) is 36.3 Å². The molecule has 0 fully saturated rings. The van der Waals surface area contributed by atoms with E-state index < -0.39 is 0 Å². The number of benzene rings is 2. The van der Waals surface area contributed by atoms with Crippen LogP contribution in [0.15, 0.2) is 42.5 Å². The van der Waals surface area contributed by atoms with Gasteiger partial charge in [0.25, 0.3) is 0 Å². The third-order valence-corrected chi connectivity index (χ3v) is 2.81. The zero-order chi connectivity index (χ0) is 14.4. The van der Waals surface area contributed by atoms with Crippen molar-refractivity contribution < 1.29 is 18.6 Å². The Balaban J connectivity index is 1.78. The Morgan fingerprint density at radius 3 is 2.20 bits per heavy atom. The molecule has 0 radical (unpaired) electrons. The summed E-state index contributed by atoms with van der Waals surface area (Å²) in [7, 11) is 1.62. The van der Waals surface area contributed by atoms with Crippen molar-refractivity contribution in [3.8, 4) is 17.2 Å². The first-order chi connectivity index (χ1) is 9.69. The van der Waals surface area contributed by atoms with Crippen molar-refractivity contribution in [2.75, 3.05) is 20.3 Å². The first-order valence-electron chi connectivity index (χ1n) is 6.35. The van der Waals surface area contributed by atoms with E-state index in [0.717, 1.165) is 17.1 Å². The molecule has 0 aliphatic heterocycles. The zero-order valence-electron chi connectivity index (χ0n) is 11.6. The molecule has 0 aromatic heterocycles. The largest absolute Gasteiger partial charge is 0.497 e. The average molecular weight is 276 g/mol. The molecular weight excluding hydrogens is 259 g/mol. The second kappa shape index (κ2) is 6.80. The second-order valence-electron chi connectivity index (χ2n) is 4.28. The molecule has 0 saturated heterocycles. The molecule has 2 rings (SSSR count). The van der Waals surface area contributed by atoms with Gasteiger partial charge in [-0.3, -0.25) is 0 Å². The van der Waals surface area contributed by atoms with Gasteiger partial charge < -0.3 is 14.2 Å². The maximum Gasteiger partial charge on any atom is 0.123 e. The van der Waals surface area contributed by atoms with E-state index in [1.54, 1.807) is 13.2 Å². The van der Waals surface area contributed by atoms with Crippen LogP contribution in [0.5, 0.6) is 17.2 Å². The van der Waals surface area contributed by atoms with Gasteiger partial charge >= 0.3 is 0 Å². The van der Waals surface area contributed by atoms with Gasteiger partial charge in [0.2, 0.25) is 0 Å². The minimum atomic E-state index is -0.260. The molecule has 0 heterocycles. The van der Waals surface area contributed by atoms with Crippen molar-refractivity contribution in [1.29, 1.82) is 0 Å². The maximum absolute atomic E-state index is 12.9. The van der Waals surface area contributed by atoms with E-state index >= 15 is 0 Å². The molecule has 0 aliphatic carbocycles. The van der Waals surface area contributed by atoms with E-state index in [-0.39, 0.29) is 5.82 Å². The standard InChI is InChI=1S/C16H17FO3/c1-12-11-13(17)3-8-16(12)20-10-9-19-15-6-4-14(18-2)5-7-15/h3-8,11H,9-10H2,1-2H3. The van der Waals surface area contributed by atoms with E-state index in [2.05, 4.69) is 0 Å². The van der Waals surface area contributed by atoms with Crippen LogP contribution in [0.1, 0.15) is 5.56 Å². The number of hydrogen-bond donors (Lipinski definition) is 0. The van der Waals surface area contributed by atoms with Crippen LogP contribution >= 0.6 is 0 Å². The number of rotatable bonds is 6. The van der Waals surface area contributed by atoms with Crippen molar-refractivity contribution in [1.82, 2.24) is 0 Å². The molecule has 20 heavy (non-hydrogen) atoms. The number of methoxy groups -OCH3 is 1. The Morgan fingerprint density at radius 1 is 0.900 bits per heavy atom. The van der Waals surface area contributed by atoms with E-state index in [4.69, 9.17) is 14.2 Å². The average Bonchev–Trinajstić information content (AvgIpc) is 2.46. The predicted molar refractivity (Wildman–Crippen MR) is 75.1 cm³/mol. The summed E-state index contributed by atoms with van der Waals surface area (Å²) < 4.78 is 29.1. The second-order valence-corrected chi connectivity index (χ2v) is 4.28. The van der Waals surface area contributed by atoms with Gasteiger partial charge in [-0.1, -0.05) is 0 Å². The Morgan fingerprint density at radius 2 is 1.55 bits per heavy atom. The molecule has 0 amide bonds. The van der Waals surface area contributed by atoms with Gasteiger partial charge in [-0.25, -0.2) is 4.39 Å². The van der Waals surface area contributed by atoms with Crippen LogP contribution in [0.4, 0.5) is 4.39 Å². The smallest absolute Gasteiger partial charge is 0.123 e. The highest BCUT2D eigenvalue weighted by Gasteiger charge is 2.01. The maximum atomic E-state index is 12.9. The van der Waals surface area contributed by atoms with Gasteiger partial charge in [0, 0.05) is 0 Å². The summed E-state index contributed by atoms with van der Waals surface area (Å²) in [4.78, 5) is 0. The summed E-state index contributed by atoms with van der Waals surface area (Å²) in [6.07, 6.45) is 0. The van der Waals surface area contributed by atoms with E-state index in [1.807, 2.05) is 31.2 Å². The van der Waals surface area contributed by atoms with Gasteiger partial charge in [0.15, 0.2) is 0 Å². The summed E-state index contributed by atoms with van der Waals surface area (Å²) in [6.45, 7) is 2.63. The lowest BCUT2D eigenvalue weighted by Gasteiger charge is -2.10. The number of ether oxygens (including phenoxy) is 3. The highest BCUT2D eigenvalue weighted by molar-refractivity contribution is 5.33. The first-order valence-corrected chi connectivity index (χ1v) is 6.35. The molecule has 3 nitrogen and oxygen atoms in total. The van der Waals surface area contributed by atoms with Crippen molar-refractivity contribution in [3.63, 3.8) is 0 Å². The monoisotopic (exact) mass is 276 g/mol. The Bertz CT molecular complexity index is 552. The molecule has 0 bridgehead atoms. The van der Waals surface area contributed by atoms with Crippen molar-refractivity contribution in [2.24, 2.45) is 0 Å². The van der Waals surface area contributed by atoms with E-state index in [9.17, 15) is 4.39 Å². The summed E-state index contributed by atoms with van der Waals surface area (Å²) in [5, 5.41) is 0. The van der Waals surface area contributed by atoms with Crippen molar-refractivity contribution in [3.05, 3.63) is 53.8 Å². The van der Waals surface area contributed by atoms with Crippen LogP contribution in [-0.4, -0.2) is 20.3 Å². The van der Waals surface area contributed by atoms with Crippen molar-refractivity contribution >= 4 is 0 Å². The molecule has 0 saturated carbocycles. The molecule has 0 N–H and O–H groups in total. The van der Waals surface area contributed by atoms with Crippen LogP contribution in [0.2, 0.25) is 0 Å². The molecule has 106 valence electrons. The van der Waals surface area contributed by atoms with Gasteiger partial charge in [-0.05, 0) is 55.0 Å². The first kappa shape index (κ1) is 14.2. The topological polar surface area (TPSA) is 27.7 Å². The third-order valence-electron chi connectivity index (χ3n) is 2.81. The Kier molecular flexibility index (Phi) is 4.82. The van der Waals surface area contributed by atoms with Gasteiger partial charge in [-0.2, -0.15) is 0 Å². The molecular formula is C16H17FO3. The van der Waals surface area contributed by atoms with Crippen LogP contribution in [-0.2, 0) is 0 Å². The fourth-order valence-corrected chi connectivity index (χ4v) is 1.76. The highest BCUT2D eigenvalue weighted by Crippen LogP contribution is 2.19. The van der Waals surface area contributed by atoms with Crippen LogP contribution < -0.4 is 14.2 Å². The summed E-state index contributed by atoms with van der Waals surface area (Å²) in [5.41, 5.74) is 0.773. The molecule has 2 aromatic carbocycles. The van der Waals surface area contributed by atoms with Gasteiger partial charge in [0.05, 0.1) is 7.11 Å². The SMILES string of the molecule is COc1ccc(OCCOc2ccc(F)cc2C)cc1. The molecule has 0 spiro atoms. The van der Waals surface area contributed by atoms with E-state index in [0.29, 0.717) is 19.0 Å². The summed E-state index contributed by atoms with van der Waals surface area (Å²) in [5.74, 6) is 1.95. The lowest BCUT2D eigenvalue weighted by atomic mass is 10.2. The van der Waals surface area contributed by atoms with Crippen molar-refractivity contribution in [2.45, 2.75) is 6.92 Å². The highest BCUT2D eigenvalue weighted by atomic mass is 19.1. The lowest BCUT2D eigenvalue weighted by Crippen LogP contribution is -2.09. The van der Waals surface area contributed by atoms with Crippen LogP contribution in [0.3, 0.4) is 0 Å². The normalized spacial score (nSPS) is 10.2. The van der Waals surface area contributed by atoms with E-state index in [1.165, 1.54) is 12.1 Å². The van der Waals surface area contributed by atoms with Crippen LogP contribution in [0, 0.1) is 12.7 Å². The summed E-state index contributed by atoms with van der Waals surface area (Å²) >= 11 is 0. The van der Waals surface area contributed by atoms with Gasteiger partial charge in [-0.15, -0.1) is 0 Å². The fourth-order valence-electron chi connectivity index (χ4n) is 1.76. The zero-order valence-corrected chi connectivity index (χ0v) is 11.6. The predicted octanol–water partition coefficient (Wildman–Crippen LogP) is 3.60. The lowest BCUT2D eigenvalue weighted by molar-refractivity contribution is 0.216. The molecule has 0 aliphatic rings. The molecule has 0 unspecified atom stereocenters. The van der Waals surface area contributed by atoms with Crippen LogP contribution in [0.25, 0.3) is 0 Å². The number of aryl methyl sites for hydroxylation is 1. The number of hydrogen-bond acceptors (Lipinski definition) is 3. The Labute approximate surface area is 117 Å². The fraction of sp³-hybridized carbons (Fsp3) is 0.250. The molecule has 4 heteroatoms. The number of halogens is 1. The minimum Gasteiger partial charge on any atom is -0.497 e.